The number of nitrogens with one attached hydrogen (secondary N) is 1. The summed E-state index contributed by atoms with van der Waals surface area (Å²) in [7, 11) is 0. The van der Waals surface area contributed by atoms with Gasteiger partial charge in [-0.2, -0.15) is 0 Å². The Bertz CT molecular complexity index is 1080. The van der Waals surface area contributed by atoms with E-state index in [9.17, 15) is 9.59 Å². The molecule has 0 aliphatic heterocycles. The summed E-state index contributed by atoms with van der Waals surface area (Å²) in [5.41, 5.74) is 3.50. The van der Waals surface area contributed by atoms with Gasteiger partial charge in [0.15, 0.2) is 11.2 Å². The molecule has 1 aliphatic rings. The second-order valence-corrected chi connectivity index (χ2v) is 7.39. The molecule has 1 N–H and O–H groups in total. The number of aryl methyl sites for hydroxylation is 1. The van der Waals surface area contributed by atoms with Gasteiger partial charge in [0.05, 0.1) is 5.56 Å². The SMILES string of the molecule is Cc1ccc2c(=O)c3c([nH]c2c1)CC(c1ccc(Cl)cc1Cl)CC3=O. The van der Waals surface area contributed by atoms with Crippen LogP contribution in [0, 0.1) is 6.92 Å². The Hall–Kier alpha value is -2.10. The first kappa shape index (κ1) is 16.4. The minimum Gasteiger partial charge on any atom is -0.358 e. The van der Waals surface area contributed by atoms with Crippen LogP contribution in [0.4, 0.5) is 0 Å². The molecule has 0 saturated heterocycles. The van der Waals surface area contributed by atoms with E-state index in [1.165, 1.54) is 0 Å². The quantitative estimate of drug-likeness (QED) is 0.649. The Morgan fingerprint density at radius 2 is 1.84 bits per heavy atom. The maximum atomic E-state index is 12.8. The molecule has 2 aromatic carbocycles. The van der Waals surface area contributed by atoms with Crippen molar-refractivity contribution < 1.29 is 4.79 Å². The Morgan fingerprint density at radius 1 is 1.04 bits per heavy atom. The largest absolute Gasteiger partial charge is 0.358 e. The van der Waals surface area contributed by atoms with Crippen LogP contribution in [0.15, 0.2) is 41.2 Å². The number of pyridine rings is 1. The second-order valence-electron chi connectivity index (χ2n) is 6.55. The molecule has 0 amide bonds. The van der Waals surface area contributed by atoms with E-state index in [1.807, 2.05) is 25.1 Å². The Labute approximate surface area is 154 Å². The predicted octanol–water partition coefficient (Wildman–Crippen LogP) is 5.06. The summed E-state index contributed by atoms with van der Waals surface area (Å²) >= 11 is 12.3. The van der Waals surface area contributed by atoms with Crippen LogP contribution in [0.3, 0.4) is 0 Å². The Balaban J connectivity index is 1.86. The topological polar surface area (TPSA) is 49.9 Å². The highest BCUT2D eigenvalue weighted by Gasteiger charge is 2.30. The summed E-state index contributed by atoms with van der Waals surface area (Å²) in [4.78, 5) is 28.8. The van der Waals surface area contributed by atoms with Crippen LogP contribution in [0.5, 0.6) is 0 Å². The maximum Gasteiger partial charge on any atom is 0.200 e. The monoisotopic (exact) mass is 371 g/mol. The number of hydrogen-bond donors (Lipinski definition) is 1. The van der Waals surface area contributed by atoms with Crippen molar-refractivity contribution in [3.63, 3.8) is 0 Å². The van der Waals surface area contributed by atoms with Crippen molar-refractivity contribution in [3.8, 4) is 0 Å². The van der Waals surface area contributed by atoms with E-state index < -0.39 is 0 Å². The van der Waals surface area contributed by atoms with Crippen LogP contribution < -0.4 is 5.43 Å². The van der Waals surface area contributed by atoms with Crippen LogP contribution in [0.1, 0.15) is 39.5 Å². The fourth-order valence-corrected chi connectivity index (χ4v) is 4.16. The number of carbonyl (C=O) groups is 1. The molecule has 3 aromatic rings. The normalized spacial score (nSPS) is 16.9. The summed E-state index contributed by atoms with van der Waals surface area (Å²) < 4.78 is 0. The van der Waals surface area contributed by atoms with Gasteiger partial charge in [0.1, 0.15) is 0 Å². The number of ketones is 1. The second kappa shape index (κ2) is 6.01. The van der Waals surface area contributed by atoms with Crippen molar-refractivity contribution in [2.75, 3.05) is 0 Å². The third kappa shape index (κ3) is 2.78. The van der Waals surface area contributed by atoms with Crippen molar-refractivity contribution in [3.05, 3.63) is 79.1 Å². The van der Waals surface area contributed by atoms with Gasteiger partial charge >= 0.3 is 0 Å². The molecule has 0 spiro atoms. The van der Waals surface area contributed by atoms with Gasteiger partial charge in [0.25, 0.3) is 0 Å². The first-order chi connectivity index (χ1) is 11.9. The van der Waals surface area contributed by atoms with E-state index in [0.29, 0.717) is 27.5 Å². The van der Waals surface area contributed by atoms with Crippen LogP contribution in [0.25, 0.3) is 10.9 Å². The van der Waals surface area contributed by atoms with Gasteiger partial charge in [-0.05, 0) is 54.7 Å². The zero-order chi connectivity index (χ0) is 17.7. The molecule has 3 nitrogen and oxygen atoms in total. The van der Waals surface area contributed by atoms with Crippen molar-refractivity contribution in [1.29, 1.82) is 0 Å². The fraction of sp³-hybridized carbons (Fsp3) is 0.200. The number of halogens is 2. The number of aromatic amines is 1. The lowest BCUT2D eigenvalue weighted by atomic mass is 9.81. The molecular weight excluding hydrogens is 357 g/mol. The predicted molar refractivity (Wildman–Crippen MR) is 101 cm³/mol. The van der Waals surface area contributed by atoms with E-state index in [4.69, 9.17) is 23.2 Å². The van der Waals surface area contributed by atoms with Crippen molar-refractivity contribution in [2.24, 2.45) is 0 Å². The average Bonchev–Trinajstić information content (AvgIpc) is 2.53. The van der Waals surface area contributed by atoms with Crippen LogP contribution in [-0.2, 0) is 6.42 Å². The zero-order valence-corrected chi connectivity index (χ0v) is 15.0. The molecule has 1 aliphatic carbocycles. The molecule has 25 heavy (non-hydrogen) atoms. The number of Topliss-reactive ketones (excluding diaryl/α,β-unsaturated/α-hetero) is 1. The molecule has 0 bridgehead atoms. The zero-order valence-electron chi connectivity index (χ0n) is 13.5. The fourth-order valence-electron chi connectivity index (χ4n) is 3.60. The highest BCUT2D eigenvalue weighted by molar-refractivity contribution is 6.35. The van der Waals surface area contributed by atoms with E-state index in [2.05, 4.69) is 4.98 Å². The lowest BCUT2D eigenvalue weighted by molar-refractivity contribution is 0.0962. The van der Waals surface area contributed by atoms with E-state index in [0.717, 1.165) is 16.6 Å². The third-order valence-corrected chi connectivity index (χ3v) is 5.36. The maximum absolute atomic E-state index is 12.8. The Morgan fingerprint density at radius 3 is 2.60 bits per heavy atom. The van der Waals surface area contributed by atoms with Gasteiger partial charge in [-0.15, -0.1) is 0 Å². The average molecular weight is 372 g/mol. The van der Waals surface area contributed by atoms with Gasteiger partial charge in [-0.25, -0.2) is 0 Å². The number of benzene rings is 2. The van der Waals surface area contributed by atoms with E-state index >= 15 is 0 Å². The number of rotatable bonds is 1. The first-order valence-corrected chi connectivity index (χ1v) is 8.83. The molecule has 1 atom stereocenters. The highest BCUT2D eigenvalue weighted by Crippen LogP contribution is 2.36. The molecule has 5 heteroatoms. The standard InChI is InChI=1S/C20H15Cl2NO2/c1-10-2-4-14-16(6-10)23-17-7-11(8-18(24)19(17)20(14)25)13-5-3-12(21)9-15(13)22/h2-6,9,11H,7-8H2,1H3,(H,23,25). The molecule has 0 saturated carbocycles. The van der Waals surface area contributed by atoms with Gasteiger partial charge in [-0.1, -0.05) is 35.3 Å². The lowest BCUT2D eigenvalue weighted by Gasteiger charge is -2.24. The van der Waals surface area contributed by atoms with Gasteiger partial charge < -0.3 is 4.98 Å². The van der Waals surface area contributed by atoms with E-state index in [-0.39, 0.29) is 29.1 Å². The summed E-state index contributed by atoms with van der Waals surface area (Å²) in [5.74, 6) is -0.205. The number of carbonyl (C=O) groups excluding carboxylic acids is 1. The van der Waals surface area contributed by atoms with Gasteiger partial charge in [0, 0.05) is 33.1 Å². The molecule has 1 unspecified atom stereocenters. The summed E-state index contributed by atoms with van der Waals surface area (Å²) in [5, 5.41) is 1.67. The molecular formula is C20H15Cl2NO2. The molecule has 4 rings (SSSR count). The first-order valence-electron chi connectivity index (χ1n) is 8.07. The molecule has 1 heterocycles. The molecule has 1 aromatic heterocycles. The number of hydrogen-bond acceptors (Lipinski definition) is 2. The minimum absolute atomic E-state index is 0.0670. The molecule has 126 valence electrons. The summed E-state index contributed by atoms with van der Waals surface area (Å²) in [6.07, 6.45) is 0.844. The molecule has 0 fully saturated rings. The van der Waals surface area contributed by atoms with Crippen molar-refractivity contribution in [1.82, 2.24) is 4.98 Å². The third-order valence-electron chi connectivity index (χ3n) is 4.80. The van der Waals surface area contributed by atoms with Crippen LogP contribution in [-0.4, -0.2) is 10.8 Å². The number of H-pyrrole nitrogens is 1. The van der Waals surface area contributed by atoms with Crippen LogP contribution in [0.2, 0.25) is 10.0 Å². The minimum atomic E-state index is -0.186. The number of aromatic nitrogens is 1. The van der Waals surface area contributed by atoms with Gasteiger partial charge in [0.2, 0.25) is 0 Å². The van der Waals surface area contributed by atoms with Crippen molar-refractivity contribution in [2.45, 2.75) is 25.7 Å². The van der Waals surface area contributed by atoms with Crippen LogP contribution >= 0.6 is 23.2 Å². The van der Waals surface area contributed by atoms with Gasteiger partial charge in [-0.3, -0.25) is 9.59 Å². The lowest BCUT2D eigenvalue weighted by Crippen LogP contribution is -2.27. The summed E-state index contributed by atoms with van der Waals surface area (Å²) in [6.45, 7) is 1.97. The molecule has 0 radical (unpaired) electrons. The van der Waals surface area contributed by atoms with E-state index in [1.54, 1.807) is 18.2 Å². The summed E-state index contributed by atoms with van der Waals surface area (Å²) in [6, 6.07) is 10.9. The number of fused-ring (bicyclic) bond motifs is 2. The van der Waals surface area contributed by atoms with Crippen molar-refractivity contribution >= 4 is 39.9 Å². The Kier molecular flexibility index (Phi) is 3.94. The smallest absolute Gasteiger partial charge is 0.200 e. The highest BCUT2D eigenvalue weighted by atomic mass is 35.5.